The number of hydrogen-bond donors (Lipinski definition) is 3. The molecule has 17 heavy (non-hydrogen) atoms. The fourth-order valence-corrected chi connectivity index (χ4v) is 1.54. The van der Waals surface area contributed by atoms with Gasteiger partial charge in [0.15, 0.2) is 0 Å². The molecule has 0 spiro atoms. The average molecular weight is 245 g/mol. The van der Waals surface area contributed by atoms with Crippen LogP contribution in [0.2, 0.25) is 0 Å². The standard InChI is InChI=1S/C12H27N3O2/c1-12(2,11(13)15-16)7-6-9-14-8-4-5-10-17-3/h14,16H,4-10H2,1-3H3,(H2,13,15). The Bertz CT molecular complexity index is 218. The second-order valence-corrected chi connectivity index (χ2v) is 4.92. The highest BCUT2D eigenvalue weighted by Gasteiger charge is 2.22. The van der Waals surface area contributed by atoms with Gasteiger partial charge in [0.05, 0.1) is 0 Å². The molecule has 0 aliphatic heterocycles. The van der Waals surface area contributed by atoms with E-state index in [1.54, 1.807) is 7.11 Å². The predicted octanol–water partition coefficient (Wildman–Crippen LogP) is 1.56. The van der Waals surface area contributed by atoms with Crippen LogP contribution in [0.4, 0.5) is 0 Å². The van der Waals surface area contributed by atoms with Crippen LogP contribution in [0, 0.1) is 5.41 Å². The Kier molecular flexibility index (Phi) is 8.80. The monoisotopic (exact) mass is 245 g/mol. The van der Waals surface area contributed by atoms with Crippen molar-refractivity contribution < 1.29 is 9.94 Å². The molecule has 5 nitrogen and oxygen atoms in total. The quantitative estimate of drug-likeness (QED) is 0.179. The molecule has 4 N–H and O–H groups in total. The van der Waals surface area contributed by atoms with E-state index in [0.717, 1.165) is 45.4 Å². The molecule has 0 aromatic carbocycles. The van der Waals surface area contributed by atoms with Crippen LogP contribution in [0.15, 0.2) is 5.16 Å². The minimum Gasteiger partial charge on any atom is -0.409 e. The highest BCUT2D eigenvalue weighted by Crippen LogP contribution is 2.21. The predicted molar refractivity (Wildman–Crippen MR) is 70.4 cm³/mol. The summed E-state index contributed by atoms with van der Waals surface area (Å²) in [4.78, 5) is 0. The maximum Gasteiger partial charge on any atom is 0.144 e. The van der Waals surface area contributed by atoms with E-state index in [-0.39, 0.29) is 5.41 Å². The van der Waals surface area contributed by atoms with Gasteiger partial charge >= 0.3 is 0 Å². The number of rotatable bonds is 10. The summed E-state index contributed by atoms with van der Waals surface area (Å²) in [5.74, 6) is 0.303. The van der Waals surface area contributed by atoms with Crippen molar-refractivity contribution in [2.24, 2.45) is 16.3 Å². The minimum absolute atomic E-state index is 0.230. The molecule has 0 aliphatic carbocycles. The summed E-state index contributed by atoms with van der Waals surface area (Å²) in [5.41, 5.74) is 5.38. The molecular weight excluding hydrogens is 218 g/mol. The van der Waals surface area contributed by atoms with Gasteiger partial charge in [0.25, 0.3) is 0 Å². The van der Waals surface area contributed by atoms with Crippen LogP contribution < -0.4 is 11.1 Å². The van der Waals surface area contributed by atoms with E-state index in [0.29, 0.717) is 5.84 Å². The fourth-order valence-electron chi connectivity index (χ4n) is 1.54. The van der Waals surface area contributed by atoms with Gasteiger partial charge in [-0.1, -0.05) is 19.0 Å². The molecule has 0 rings (SSSR count). The molecule has 0 aromatic rings. The molecule has 0 aliphatic rings. The van der Waals surface area contributed by atoms with Gasteiger partial charge in [0.1, 0.15) is 5.84 Å². The number of unbranched alkanes of at least 4 members (excludes halogenated alkanes) is 1. The van der Waals surface area contributed by atoms with Gasteiger partial charge in [-0.15, -0.1) is 0 Å². The smallest absolute Gasteiger partial charge is 0.144 e. The maximum atomic E-state index is 8.63. The summed E-state index contributed by atoms with van der Waals surface area (Å²) in [6, 6.07) is 0. The van der Waals surface area contributed by atoms with Gasteiger partial charge in [-0.05, 0) is 38.8 Å². The summed E-state index contributed by atoms with van der Waals surface area (Å²) >= 11 is 0. The van der Waals surface area contributed by atoms with Crippen molar-refractivity contribution >= 4 is 5.84 Å². The van der Waals surface area contributed by atoms with E-state index < -0.39 is 0 Å². The van der Waals surface area contributed by atoms with Crippen LogP contribution in [0.25, 0.3) is 0 Å². The third-order valence-corrected chi connectivity index (χ3v) is 2.91. The normalized spacial score (nSPS) is 13.0. The molecular formula is C12H27N3O2. The summed E-state index contributed by atoms with van der Waals surface area (Å²) in [6.45, 7) is 6.79. The number of nitrogens with one attached hydrogen (secondary N) is 1. The molecule has 0 radical (unpaired) electrons. The lowest BCUT2D eigenvalue weighted by Gasteiger charge is -2.22. The van der Waals surface area contributed by atoms with E-state index in [9.17, 15) is 0 Å². The lowest BCUT2D eigenvalue weighted by molar-refractivity contribution is 0.192. The van der Waals surface area contributed by atoms with Crippen LogP contribution in [-0.2, 0) is 4.74 Å². The topological polar surface area (TPSA) is 79.9 Å². The maximum absolute atomic E-state index is 8.63. The third-order valence-electron chi connectivity index (χ3n) is 2.91. The van der Waals surface area contributed by atoms with E-state index in [4.69, 9.17) is 15.7 Å². The highest BCUT2D eigenvalue weighted by atomic mass is 16.5. The Morgan fingerprint density at radius 1 is 1.29 bits per heavy atom. The van der Waals surface area contributed by atoms with E-state index in [2.05, 4.69) is 10.5 Å². The summed E-state index contributed by atoms with van der Waals surface area (Å²) in [6.07, 6.45) is 4.16. The van der Waals surface area contributed by atoms with Crippen molar-refractivity contribution in [2.75, 3.05) is 26.8 Å². The van der Waals surface area contributed by atoms with Gasteiger partial charge in [-0.3, -0.25) is 0 Å². The van der Waals surface area contributed by atoms with Gasteiger partial charge in [0, 0.05) is 19.1 Å². The van der Waals surface area contributed by atoms with Crippen LogP contribution in [-0.4, -0.2) is 37.8 Å². The molecule has 0 amide bonds. The van der Waals surface area contributed by atoms with Crippen molar-refractivity contribution in [3.05, 3.63) is 0 Å². The molecule has 0 saturated heterocycles. The van der Waals surface area contributed by atoms with Gasteiger partial charge < -0.3 is 21.0 Å². The van der Waals surface area contributed by atoms with Crippen LogP contribution in [0.1, 0.15) is 39.5 Å². The van der Waals surface area contributed by atoms with Gasteiger partial charge in [-0.25, -0.2) is 0 Å². The first-order chi connectivity index (χ1) is 8.04. The zero-order valence-corrected chi connectivity index (χ0v) is 11.3. The summed E-state index contributed by atoms with van der Waals surface area (Å²) < 4.78 is 4.97. The largest absolute Gasteiger partial charge is 0.409 e. The molecule has 5 heteroatoms. The van der Waals surface area contributed by atoms with Crippen molar-refractivity contribution in [1.82, 2.24) is 5.32 Å². The Morgan fingerprint density at radius 3 is 2.53 bits per heavy atom. The zero-order chi connectivity index (χ0) is 13.1. The zero-order valence-electron chi connectivity index (χ0n) is 11.3. The van der Waals surface area contributed by atoms with E-state index in [1.807, 2.05) is 13.8 Å². The number of oxime groups is 1. The van der Waals surface area contributed by atoms with Crippen LogP contribution >= 0.6 is 0 Å². The molecule has 102 valence electrons. The molecule has 0 saturated carbocycles. The third kappa shape index (κ3) is 7.99. The second kappa shape index (κ2) is 9.24. The number of amidine groups is 1. The van der Waals surface area contributed by atoms with Gasteiger partial charge in [0.2, 0.25) is 0 Å². The van der Waals surface area contributed by atoms with Crippen molar-refractivity contribution in [2.45, 2.75) is 39.5 Å². The lowest BCUT2D eigenvalue weighted by Crippen LogP contribution is -2.32. The number of ether oxygens (including phenoxy) is 1. The van der Waals surface area contributed by atoms with E-state index >= 15 is 0 Å². The highest BCUT2D eigenvalue weighted by molar-refractivity contribution is 5.85. The minimum atomic E-state index is -0.230. The number of nitrogens with zero attached hydrogens (tertiary/aromatic N) is 1. The average Bonchev–Trinajstić information content (AvgIpc) is 2.31. The number of nitrogens with two attached hydrogens (primary N) is 1. The lowest BCUT2D eigenvalue weighted by atomic mass is 9.86. The first kappa shape index (κ1) is 16.2. The summed E-state index contributed by atoms with van der Waals surface area (Å²) in [7, 11) is 1.72. The van der Waals surface area contributed by atoms with Crippen LogP contribution in [0.3, 0.4) is 0 Å². The molecule has 0 aromatic heterocycles. The Morgan fingerprint density at radius 2 is 1.94 bits per heavy atom. The first-order valence-corrected chi connectivity index (χ1v) is 6.22. The Hall–Kier alpha value is -0.810. The molecule has 0 fully saturated rings. The Balaban J connectivity index is 3.45. The van der Waals surface area contributed by atoms with Crippen molar-refractivity contribution in [3.8, 4) is 0 Å². The number of methoxy groups -OCH3 is 1. The molecule has 0 unspecified atom stereocenters. The Labute approximate surface area is 104 Å². The van der Waals surface area contributed by atoms with Crippen molar-refractivity contribution in [1.29, 1.82) is 0 Å². The van der Waals surface area contributed by atoms with E-state index in [1.165, 1.54) is 0 Å². The molecule has 0 atom stereocenters. The molecule has 0 heterocycles. The van der Waals surface area contributed by atoms with Gasteiger partial charge in [-0.2, -0.15) is 0 Å². The summed E-state index contributed by atoms with van der Waals surface area (Å²) in [5, 5.41) is 15.1. The first-order valence-electron chi connectivity index (χ1n) is 6.22. The second-order valence-electron chi connectivity index (χ2n) is 4.92. The SMILES string of the molecule is COCCCCNCCCC(C)(C)C(N)=NO. The van der Waals surface area contributed by atoms with Crippen molar-refractivity contribution in [3.63, 3.8) is 0 Å². The van der Waals surface area contributed by atoms with Crippen LogP contribution in [0.5, 0.6) is 0 Å². The fraction of sp³-hybridized carbons (Fsp3) is 0.917. The number of hydrogen-bond acceptors (Lipinski definition) is 4. The molecule has 0 bridgehead atoms.